The van der Waals surface area contributed by atoms with Gasteiger partial charge >= 0.3 is 5.69 Å². The van der Waals surface area contributed by atoms with Gasteiger partial charge < -0.3 is 9.47 Å². The number of aromatic nitrogens is 4. The predicted molar refractivity (Wildman–Crippen MR) is 109 cm³/mol. The number of benzene rings is 1. The summed E-state index contributed by atoms with van der Waals surface area (Å²) >= 11 is 1.27. The summed E-state index contributed by atoms with van der Waals surface area (Å²) in [6.45, 7) is 2.04. The molecule has 4 rings (SSSR count). The molecule has 1 aromatic carbocycles. The number of amides is 1. The number of fused-ring (bicyclic) bond motifs is 2. The third-order valence-electron chi connectivity index (χ3n) is 5.24. The molecular weight excluding hydrogens is 378 g/mol. The van der Waals surface area contributed by atoms with Gasteiger partial charge in [0.1, 0.15) is 0 Å². The van der Waals surface area contributed by atoms with Crippen LogP contribution in [0.3, 0.4) is 0 Å². The second-order valence-electron chi connectivity index (χ2n) is 7.07. The van der Waals surface area contributed by atoms with E-state index in [9.17, 15) is 14.4 Å². The van der Waals surface area contributed by atoms with Crippen LogP contribution < -0.4 is 16.1 Å². The van der Waals surface area contributed by atoms with Crippen LogP contribution in [0, 0.1) is 0 Å². The lowest BCUT2D eigenvalue weighted by molar-refractivity contribution is -0.116. The van der Waals surface area contributed by atoms with E-state index >= 15 is 0 Å². The van der Waals surface area contributed by atoms with Crippen LogP contribution in [0.1, 0.15) is 12.5 Å². The predicted octanol–water partition coefficient (Wildman–Crippen LogP) is 1.04. The van der Waals surface area contributed by atoms with Crippen molar-refractivity contribution in [1.82, 2.24) is 18.7 Å². The van der Waals surface area contributed by atoms with Gasteiger partial charge in [0.25, 0.3) is 5.56 Å². The Bertz CT molecular complexity index is 1220. The van der Waals surface area contributed by atoms with Gasteiger partial charge in [-0.25, -0.2) is 9.78 Å². The van der Waals surface area contributed by atoms with Crippen LogP contribution in [-0.2, 0) is 32.4 Å². The van der Waals surface area contributed by atoms with Crippen molar-refractivity contribution in [3.63, 3.8) is 0 Å². The normalized spacial score (nSPS) is 16.0. The maximum absolute atomic E-state index is 12.9. The van der Waals surface area contributed by atoms with Crippen molar-refractivity contribution in [2.45, 2.75) is 24.5 Å². The van der Waals surface area contributed by atoms with Gasteiger partial charge in [0.15, 0.2) is 16.3 Å². The number of carbonyl (C=O) groups excluding carboxylic acids is 1. The summed E-state index contributed by atoms with van der Waals surface area (Å²) in [5.41, 5.74) is 1.99. The number of hydrogen-bond acceptors (Lipinski definition) is 5. The Balaban J connectivity index is 1.63. The molecule has 0 bridgehead atoms. The number of rotatable bonds is 3. The standard InChI is InChI=1S/C19H21N5O3S/c1-11-9-12-7-5-6-8-13(12)24(11)14(25)10-28-18-20-16-15(21(18)2)17(26)23(4)19(27)22(16)3/h5-8,11H,9-10H2,1-4H3. The number of thioether (sulfide) groups is 1. The second-order valence-corrected chi connectivity index (χ2v) is 8.01. The SMILES string of the molecule is CC1Cc2ccccc2N1C(=O)CSc1nc2c(c(=O)n(C)c(=O)n2C)n1C. The van der Waals surface area contributed by atoms with Crippen LogP contribution in [0.4, 0.5) is 5.69 Å². The van der Waals surface area contributed by atoms with Crippen LogP contribution in [0.5, 0.6) is 0 Å². The lowest BCUT2D eigenvalue weighted by Crippen LogP contribution is -2.37. The van der Waals surface area contributed by atoms with Gasteiger partial charge in [-0.1, -0.05) is 30.0 Å². The molecule has 1 aliphatic rings. The van der Waals surface area contributed by atoms with Crippen LogP contribution in [0.15, 0.2) is 39.0 Å². The number of carbonyl (C=O) groups is 1. The summed E-state index contributed by atoms with van der Waals surface area (Å²) in [6, 6.07) is 8.05. The van der Waals surface area contributed by atoms with Crippen LogP contribution in [0.2, 0.25) is 0 Å². The van der Waals surface area contributed by atoms with Gasteiger partial charge in [0, 0.05) is 32.9 Å². The fourth-order valence-electron chi connectivity index (χ4n) is 3.77. The van der Waals surface area contributed by atoms with E-state index < -0.39 is 11.2 Å². The Labute approximate surface area is 165 Å². The van der Waals surface area contributed by atoms with Gasteiger partial charge in [-0.15, -0.1) is 0 Å². The highest BCUT2D eigenvalue weighted by atomic mass is 32.2. The molecule has 8 nitrogen and oxygen atoms in total. The van der Waals surface area contributed by atoms with Gasteiger partial charge in [-0.2, -0.15) is 0 Å². The minimum Gasteiger partial charge on any atom is -0.316 e. The molecule has 3 heterocycles. The van der Waals surface area contributed by atoms with Crippen molar-refractivity contribution in [1.29, 1.82) is 0 Å². The fourth-order valence-corrected chi connectivity index (χ4v) is 4.60. The molecule has 146 valence electrons. The molecule has 0 N–H and O–H groups in total. The lowest BCUT2D eigenvalue weighted by atomic mass is 10.1. The molecule has 0 aliphatic carbocycles. The molecule has 1 unspecified atom stereocenters. The number of para-hydroxylation sites is 1. The summed E-state index contributed by atoms with van der Waals surface area (Å²) in [6.07, 6.45) is 0.844. The lowest BCUT2D eigenvalue weighted by Gasteiger charge is -2.22. The third-order valence-corrected chi connectivity index (χ3v) is 6.25. The summed E-state index contributed by atoms with van der Waals surface area (Å²) in [7, 11) is 4.75. The van der Waals surface area contributed by atoms with E-state index in [1.165, 1.54) is 28.9 Å². The Morgan fingerprint density at radius 3 is 2.61 bits per heavy atom. The molecule has 28 heavy (non-hydrogen) atoms. The van der Waals surface area contributed by atoms with Gasteiger partial charge in [0.05, 0.1) is 5.75 Å². The van der Waals surface area contributed by atoms with E-state index in [0.29, 0.717) is 16.3 Å². The number of anilines is 1. The molecule has 0 fully saturated rings. The van der Waals surface area contributed by atoms with Crippen LogP contribution >= 0.6 is 11.8 Å². The average Bonchev–Trinajstić information content (AvgIpc) is 3.19. The van der Waals surface area contributed by atoms with E-state index in [1.807, 2.05) is 36.1 Å². The maximum atomic E-state index is 12.9. The largest absolute Gasteiger partial charge is 0.332 e. The summed E-state index contributed by atoms with van der Waals surface area (Å²) in [5.74, 6) is 0.195. The molecular formula is C19H21N5O3S. The van der Waals surface area contributed by atoms with E-state index in [4.69, 9.17) is 0 Å². The Morgan fingerprint density at radius 1 is 1.14 bits per heavy atom. The van der Waals surface area contributed by atoms with E-state index in [1.54, 1.807) is 18.7 Å². The van der Waals surface area contributed by atoms with Gasteiger partial charge in [0.2, 0.25) is 5.91 Å². The van der Waals surface area contributed by atoms with Gasteiger partial charge in [-0.3, -0.25) is 18.7 Å². The molecule has 1 amide bonds. The van der Waals surface area contributed by atoms with Crippen molar-refractivity contribution in [2.24, 2.45) is 21.1 Å². The number of aryl methyl sites for hydroxylation is 2. The highest BCUT2D eigenvalue weighted by Crippen LogP contribution is 2.32. The van der Waals surface area contributed by atoms with Crippen molar-refractivity contribution < 1.29 is 4.79 Å². The van der Waals surface area contributed by atoms with Crippen molar-refractivity contribution >= 4 is 34.5 Å². The minimum absolute atomic E-state index is 0.00343. The van der Waals surface area contributed by atoms with Crippen LogP contribution in [0.25, 0.3) is 11.2 Å². The van der Waals surface area contributed by atoms with Crippen molar-refractivity contribution in [3.8, 4) is 0 Å². The number of hydrogen-bond donors (Lipinski definition) is 0. The maximum Gasteiger partial charge on any atom is 0.332 e. The van der Waals surface area contributed by atoms with Crippen molar-refractivity contribution in [2.75, 3.05) is 10.7 Å². The molecule has 3 aromatic rings. The monoisotopic (exact) mass is 399 g/mol. The first-order valence-electron chi connectivity index (χ1n) is 8.96. The zero-order chi connectivity index (χ0) is 20.2. The quantitative estimate of drug-likeness (QED) is 0.615. The van der Waals surface area contributed by atoms with E-state index in [-0.39, 0.29) is 17.7 Å². The van der Waals surface area contributed by atoms with Crippen LogP contribution in [-0.4, -0.2) is 36.4 Å². The van der Waals surface area contributed by atoms with Crippen molar-refractivity contribution in [3.05, 3.63) is 50.7 Å². The van der Waals surface area contributed by atoms with E-state index in [0.717, 1.165) is 16.7 Å². The molecule has 2 aromatic heterocycles. The fraction of sp³-hybridized carbons (Fsp3) is 0.368. The van der Waals surface area contributed by atoms with E-state index in [2.05, 4.69) is 4.98 Å². The summed E-state index contributed by atoms with van der Waals surface area (Å²) in [4.78, 5) is 43.8. The number of nitrogens with zero attached hydrogens (tertiary/aromatic N) is 5. The average molecular weight is 399 g/mol. The highest BCUT2D eigenvalue weighted by Gasteiger charge is 2.30. The number of imidazole rings is 1. The molecule has 0 spiro atoms. The molecule has 0 saturated carbocycles. The summed E-state index contributed by atoms with van der Waals surface area (Å²) in [5, 5.41) is 0.529. The highest BCUT2D eigenvalue weighted by molar-refractivity contribution is 7.99. The minimum atomic E-state index is -0.425. The summed E-state index contributed by atoms with van der Waals surface area (Å²) < 4.78 is 4.06. The first-order chi connectivity index (χ1) is 13.3. The smallest absolute Gasteiger partial charge is 0.316 e. The first-order valence-corrected chi connectivity index (χ1v) is 9.95. The molecule has 1 atom stereocenters. The molecule has 0 saturated heterocycles. The zero-order valence-electron chi connectivity index (χ0n) is 16.2. The zero-order valence-corrected chi connectivity index (χ0v) is 17.0. The molecule has 9 heteroatoms. The Kier molecular flexibility index (Phi) is 4.41. The van der Waals surface area contributed by atoms with Gasteiger partial charge in [-0.05, 0) is 25.0 Å². The second kappa shape index (κ2) is 6.66. The molecule has 1 aliphatic heterocycles. The topological polar surface area (TPSA) is 82.1 Å². The molecule has 0 radical (unpaired) electrons. The Hall–Kier alpha value is -2.81. The first kappa shape index (κ1) is 18.5. The third kappa shape index (κ3) is 2.69. The Morgan fingerprint density at radius 2 is 1.86 bits per heavy atom.